The normalized spacial score (nSPS) is 14.4. The highest BCUT2D eigenvalue weighted by Crippen LogP contribution is 2.19. The van der Waals surface area contributed by atoms with Gasteiger partial charge in [-0.1, -0.05) is 13.8 Å². The maximum Gasteiger partial charge on any atom is 0.0476 e. The maximum atomic E-state index is 5.74. The van der Waals surface area contributed by atoms with E-state index in [4.69, 9.17) is 16.3 Å². The molecule has 0 aromatic heterocycles. The van der Waals surface area contributed by atoms with E-state index in [1.807, 2.05) is 0 Å². The molecule has 0 aromatic rings. The van der Waals surface area contributed by atoms with Crippen LogP contribution in [0.25, 0.3) is 0 Å². The van der Waals surface area contributed by atoms with Crippen LogP contribution in [0.2, 0.25) is 0 Å². The van der Waals surface area contributed by atoms with E-state index in [-0.39, 0.29) is 0 Å². The lowest BCUT2D eigenvalue weighted by molar-refractivity contribution is 0.181. The molecule has 0 bridgehead atoms. The third-order valence-electron chi connectivity index (χ3n) is 2.46. The number of ether oxygens (including phenoxy) is 1. The summed E-state index contributed by atoms with van der Waals surface area (Å²) in [5.74, 6) is 0.737. The highest BCUT2D eigenvalue weighted by Gasteiger charge is 2.17. The lowest BCUT2D eigenvalue weighted by atomic mass is 9.90. The van der Waals surface area contributed by atoms with Crippen LogP contribution in [-0.2, 0) is 4.74 Å². The Bertz CT molecular complexity index is 139. The van der Waals surface area contributed by atoms with Crippen LogP contribution in [0, 0.1) is 5.41 Å². The van der Waals surface area contributed by atoms with Crippen molar-refractivity contribution in [1.82, 2.24) is 5.32 Å². The van der Waals surface area contributed by atoms with E-state index in [0.717, 1.165) is 31.9 Å². The first kappa shape index (κ1) is 14.2. The summed E-state index contributed by atoms with van der Waals surface area (Å²) in [4.78, 5) is 0. The van der Waals surface area contributed by atoms with Gasteiger partial charge in [-0.3, -0.25) is 0 Å². The Balaban J connectivity index is 3.58. The van der Waals surface area contributed by atoms with Crippen molar-refractivity contribution in [3.8, 4) is 0 Å². The van der Waals surface area contributed by atoms with Gasteiger partial charge in [0.25, 0.3) is 0 Å². The van der Waals surface area contributed by atoms with Gasteiger partial charge in [-0.15, -0.1) is 11.6 Å². The monoisotopic (exact) mass is 221 g/mol. The van der Waals surface area contributed by atoms with Crippen molar-refractivity contribution < 1.29 is 4.74 Å². The lowest BCUT2D eigenvalue weighted by Crippen LogP contribution is -2.36. The molecule has 1 N–H and O–H groups in total. The molecule has 1 unspecified atom stereocenters. The zero-order valence-corrected chi connectivity index (χ0v) is 10.7. The second kappa shape index (κ2) is 7.49. The highest BCUT2D eigenvalue weighted by molar-refractivity contribution is 6.17. The van der Waals surface area contributed by atoms with Crippen molar-refractivity contribution in [3.63, 3.8) is 0 Å². The molecule has 3 heteroatoms. The van der Waals surface area contributed by atoms with Crippen molar-refractivity contribution in [2.24, 2.45) is 5.41 Å². The van der Waals surface area contributed by atoms with Crippen LogP contribution in [0.4, 0.5) is 0 Å². The van der Waals surface area contributed by atoms with Gasteiger partial charge in [-0.25, -0.2) is 0 Å². The Kier molecular flexibility index (Phi) is 7.61. The van der Waals surface area contributed by atoms with Gasteiger partial charge in [-0.2, -0.15) is 0 Å². The molecule has 0 fully saturated rings. The van der Waals surface area contributed by atoms with Gasteiger partial charge in [0.1, 0.15) is 0 Å². The van der Waals surface area contributed by atoms with E-state index < -0.39 is 0 Å². The summed E-state index contributed by atoms with van der Waals surface area (Å²) in [5.41, 5.74) is 0.295. The zero-order chi connectivity index (χ0) is 11.0. The van der Waals surface area contributed by atoms with Crippen molar-refractivity contribution in [2.75, 3.05) is 26.1 Å². The van der Waals surface area contributed by atoms with Gasteiger partial charge in [0, 0.05) is 32.2 Å². The number of hydrogen-bond donors (Lipinski definition) is 1. The van der Waals surface area contributed by atoms with E-state index in [0.29, 0.717) is 11.5 Å². The third-order valence-corrected chi connectivity index (χ3v) is 2.64. The Labute approximate surface area is 93.4 Å². The van der Waals surface area contributed by atoms with Crippen LogP contribution in [0.15, 0.2) is 0 Å². The molecule has 0 heterocycles. The first-order valence-electron chi connectivity index (χ1n) is 5.30. The summed E-state index contributed by atoms with van der Waals surface area (Å²) < 4.78 is 5.03. The molecular formula is C11H24ClNO. The zero-order valence-electron chi connectivity index (χ0n) is 9.90. The first-order chi connectivity index (χ1) is 6.52. The van der Waals surface area contributed by atoms with E-state index in [1.165, 1.54) is 0 Å². The molecule has 86 valence electrons. The quantitative estimate of drug-likeness (QED) is 0.637. The van der Waals surface area contributed by atoms with Crippen LogP contribution in [0.5, 0.6) is 0 Å². The summed E-state index contributed by atoms with van der Waals surface area (Å²) in [5, 5.41) is 3.50. The minimum atomic E-state index is 0.295. The van der Waals surface area contributed by atoms with Gasteiger partial charge >= 0.3 is 0 Å². The second-order valence-corrected chi connectivity index (χ2v) is 5.04. The maximum absolute atomic E-state index is 5.74. The van der Waals surface area contributed by atoms with Crippen LogP contribution in [0.1, 0.15) is 33.6 Å². The van der Waals surface area contributed by atoms with Crippen molar-refractivity contribution >= 4 is 11.6 Å². The van der Waals surface area contributed by atoms with Crippen molar-refractivity contribution in [2.45, 2.75) is 39.7 Å². The molecule has 0 saturated carbocycles. The summed E-state index contributed by atoms with van der Waals surface area (Å²) in [6.45, 7) is 8.52. The Hall–Kier alpha value is 0.210. The number of halogens is 1. The standard InChI is InChI=1S/C11H24ClNO/c1-10(5-8-14-4)13-9-11(2,3)6-7-12/h10,13H,5-9H2,1-4H3. The predicted molar refractivity (Wildman–Crippen MR) is 63.1 cm³/mol. The van der Waals surface area contributed by atoms with E-state index in [9.17, 15) is 0 Å². The molecule has 14 heavy (non-hydrogen) atoms. The van der Waals surface area contributed by atoms with Gasteiger partial charge in [-0.05, 0) is 25.2 Å². The smallest absolute Gasteiger partial charge is 0.0476 e. The molecule has 0 rings (SSSR count). The van der Waals surface area contributed by atoms with Gasteiger partial charge in [0.05, 0.1) is 0 Å². The van der Waals surface area contributed by atoms with Crippen molar-refractivity contribution in [3.05, 3.63) is 0 Å². The predicted octanol–water partition coefficient (Wildman–Crippen LogP) is 2.66. The second-order valence-electron chi connectivity index (χ2n) is 4.67. The molecule has 0 aliphatic heterocycles. The fraction of sp³-hybridized carbons (Fsp3) is 1.00. The molecule has 0 spiro atoms. The molecule has 0 aliphatic rings. The number of hydrogen-bond acceptors (Lipinski definition) is 2. The summed E-state index contributed by atoms with van der Waals surface area (Å²) >= 11 is 5.74. The fourth-order valence-corrected chi connectivity index (χ4v) is 1.70. The highest BCUT2D eigenvalue weighted by atomic mass is 35.5. The SMILES string of the molecule is COCCC(C)NCC(C)(C)CCCl. The van der Waals surface area contributed by atoms with E-state index in [2.05, 4.69) is 26.1 Å². The Morgan fingerprint density at radius 2 is 2.07 bits per heavy atom. The van der Waals surface area contributed by atoms with Crippen LogP contribution in [0.3, 0.4) is 0 Å². The molecule has 2 nitrogen and oxygen atoms in total. The first-order valence-corrected chi connectivity index (χ1v) is 5.83. The van der Waals surface area contributed by atoms with Gasteiger partial charge < -0.3 is 10.1 Å². The average Bonchev–Trinajstić information content (AvgIpc) is 2.11. The van der Waals surface area contributed by atoms with Gasteiger partial charge in [0.15, 0.2) is 0 Å². The minimum absolute atomic E-state index is 0.295. The molecule has 1 atom stereocenters. The summed E-state index contributed by atoms with van der Waals surface area (Å²) in [6, 6.07) is 0.518. The molecule has 0 radical (unpaired) electrons. The Morgan fingerprint density at radius 3 is 2.57 bits per heavy atom. The minimum Gasteiger partial charge on any atom is -0.385 e. The van der Waals surface area contributed by atoms with Crippen LogP contribution < -0.4 is 5.32 Å². The van der Waals surface area contributed by atoms with E-state index >= 15 is 0 Å². The molecular weight excluding hydrogens is 198 g/mol. The number of alkyl halides is 1. The average molecular weight is 222 g/mol. The fourth-order valence-electron chi connectivity index (χ4n) is 1.19. The van der Waals surface area contributed by atoms with Gasteiger partial charge in [0.2, 0.25) is 0 Å². The number of nitrogens with one attached hydrogen (secondary N) is 1. The molecule has 0 aromatic carbocycles. The van der Waals surface area contributed by atoms with Crippen LogP contribution >= 0.6 is 11.6 Å². The lowest BCUT2D eigenvalue weighted by Gasteiger charge is -2.26. The number of rotatable bonds is 8. The summed E-state index contributed by atoms with van der Waals surface area (Å²) in [6.07, 6.45) is 2.12. The summed E-state index contributed by atoms with van der Waals surface area (Å²) in [7, 11) is 1.74. The van der Waals surface area contributed by atoms with E-state index in [1.54, 1.807) is 7.11 Å². The Morgan fingerprint density at radius 1 is 1.43 bits per heavy atom. The molecule has 0 aliphatic carbocycles. The largest absolute Gasteiger partial charge is 0.385 e. The third kappa shape index (κ3) is 7.60. The number of methoxy groups -OCH3 is 1. The van der Waals surface area contributed by atoms with Crippen LogP contribution in [-0.4, -0.2) is 32.2 Å². The topological polar surface area (TPSA) is 21.3 Å². The molecule has 0 amide bonds. The van der Waals surface area contributed by atoms with Crippen molar-refractivity contribution in [1.29, 1.82) is 0 Å². The molecule has 0 saturated heterocycles.